The van der Waals surface area contributed by atoms with Gasteiger partial charge in [-0.2, -0.15) is 0 Å². The Morgan fingerprint density at radius 2 is 1.78 bits per heavy atom. The number of methoxy groups -OCH3 is 1. The molecule has 2 aromatic carbocycles. The minimum atomic E-state index is -0.0222. The van der Waals surface area contributed by atoms with Gasteiger partial charge in [0, 0.05) is 12.4 Å². The monoisotopic (exact) mass is 465 g/mol. The number of amides is 1. The number of nitrogens with zero attached hydrogens (tertiary/aromatic N) is 3. The van der Waals surface area contributed by atoms with Gasteiger partial charge >= 0.3 is 0 Å². The van der Waals surface area contributed by atoms with Crippen molar-refractivity contribution in [1.29, 1.82) is 0 Å². The molecule has 0 bridgehead atoms. The van der Waals surface area contributed by atoms with Crippen molar-refractivity contribution in [1.82, 2.24) is 9.97 Å². The highest BCUT2D eigenvalue weighted by atomic mass is 35.5. The summed E-state index contributed by atoms with van der Waals surface area (Å²) in [5.41, 5.74) is 6.12. The molecule has 0 saturated heterocycles. The lowest BCUT2D eigenvalue weighted by Gasteiger charge is -2.21. The van der Waals surface area contributed by atoms with Gasteiger partial charge in [0.05, 0.1) is 29.8 Å². The second-order valence-electron chi connectivity index (χ2n) is 7.81. The smallest absolute Gasteiger partial charge is 0.233 e. The molecule has 0 aliphatic carbocycles. The maximum absolute atomic E-state index is 13.6. The predicted molar refractivity (Wildman–Crippen MR) is 131 cm³/mol. The van der Waals surface area contributed by atoms with Crippen molar-refractivity contribution in [2.75, 3.05) is 12.0 Å². The number of carbonyl (C=O) groups is 1. The van der Waals surface area contributed by atoms with Crippen molar-refractivity contribution in [3.8, 4) is 5.75 Å². The summed E-state index contributed by atoms with van der Waals surface area (Å²) < 4.78 is 6.27. The van der Waals surface area contributed by atoms with Crippen molar-refractivity contribution in [3.05, 3.63) is 81.6 Å². The average molecular weight is 466 g/mol. The molecule has 1 amide bonds. The lowest BCUT2D eigenvalue weighted by atomic mass is 9.97. The molecule has 0 N–H and O–H groups in total. The third kappa shape index (κ3) is 4.47. The van der Waals surface area contributed by atoms with Gasteiger partial charge in [-0.1, -0.05) is 40.6 Å². The summed E-state index contributed by atoms with van der Waals surface area (Å²) in [6, 6.07) is 11.6. The fourth-order valence-corrected chi connectivity index (χ4v) is 5.16. The van der Waals surface area contributed by atoms with E-state index in [1.54, 1.807) is 36.5 Å². The standard InChI is InChI=1S/C25H24ClN3O2S/c1-15-11-16(2)19(17(3)12-15)13-22(30)29(14-18-7-9-27-10-8-18)25-28-23-21(31-4)6-5-20(26)24(23)32-25/h5-12H,13-14H2,1-4H3. The van der Waals surface area contributed by atoms with Crippen molar-refractivity contribution >= 4 is 44.2 Å². The van der Waals surface area contributed by atoms with Gasteiger partial charge in [0.2, 0.25) is 5.91 Å². The largest absolute Gasteiger partial charge is 0.494 e. The molecule has 0 fully saturated rings. The lowest BCUT2D eigenvalue weighted by Crippen LogP contribution is -2.32. The van der Waals surface area contributed by atoms with E-state index in [-0.39, 0.29) is 5.91 Å². The number of pyridine rings is 1. The minimum Gasteiger partial charge on any atom is -0.494 e. The number of hydrogen-bond acceptors (Lipinski definition) is 5. The number of halogens is 1. The van der Waals surface area contributed by atoms with Crippen LogP contribution in [0.25, 0.3) is 10.2 Å². The molecule has 0 aliphatic heterocycles. The van der Waals surface area contributed by atoms with Crippen LogP contribution < -0.4 is 9.64 Å². The van der Waals surface area contributed by atoms with E-state index in [0.717, 1.165) is 27.0 Å². The number of carbonyl (C=O) groups excluding carboxylic acids is 1. The zero-order chi connectivity index (χ0) is 22.8. The first-order valence-electron chi connectivity index (χ1n) is 10.3. The van der Waals surface area contributed by atoms with Crippen molar-refractivity contribution in [2.24, 2.45) is 0 Å². The van der Waals surface area contributed by atoms with Gasteiger partial charge in [-0.05, 0) is 67.3 Å². The first-order chi connectivity index (χ1) is 15.4. The molecule has 0 radical (unpaired) electrons. The molecule has 0 unspecified atom stereocenters. The van der Waals surface area contributed by atoms with Crippen LogP contribution in [0.1, 0.15) is 27.8 Å². The van der Waals surface area contributed by atoms with Crippen LogP contribution in [0.5, 0.6) is 5.75 Å². The number of aromatic nitrogens is 2. The molecular weight excluding hydrogens is 442 g/mol. The van der Waals surface area contributed by atoms with E-state index in [0.29, 0.717) is 34.4 Å². The van der Waals surface area contributed by atoms with Gasteiger partial charge in [-0.25, -0.2) is 4.98 Å². The number of ether oxygens (including phenoxy) is 1. The molecule has 2 aromatic heterocycles. The van der Waals surface area contributed by atoms with Gasteiger partial charge in [0.1, 0.15) is 11.3 Å². The van der Waals surface area contributed by atoms with Crippen LogP contribution in [0.3, 0.4) is 0 Å². The summed E-state index contributed by atoms with van der Waals surface area (Å²) in [4.78, 5) is 24.2. The van der Waals surface area contributed by atoms with Crippen LogP contribution in [0.4, 0.5) is 5.13 Å². The number of fused-ring (bicyclic) bond motifs is 1. The Labute approximate surface area is 196 Å². The number of anilines is 1. The molecule has 0 aliphatic rings. The Hall–Kier alpha value is -2.96. The molecular formula is C25H24ClN3O2S. The third-order valence-corrected chi connectivity index (χ3v) is 7.00. The Balaban J connectivity index is 1.77. The van der Waals surface area contributed by atoms with Crippen LogP contribution in [0.2, 0.25) is 5.02 Å². The number of aryl methyl sites for hydroxylation is 3. The summed E-state index contributed by atoms with van der Waals surface area (Å²) in [5.74, 6) is 0.611. The second-order valence-corrected chi connectivity index (χ2v) is 9.20. The summed E-state index contributed by atoms with van der Waals surface area (Å²) in [7, 11) is 1.60. The highest BCUT2D eigenvalue weighted by molar-refractivity contribution is 7.23. The van der Waals surface area contributed by atoms with E-state index in [1.807, 2.05) is 12.1 Å². The number of thiazole rings is 1. The molecule has 0 saturated carbocycles. The molecule has 32 heavy (non-hydrogen) atoms. The van der Waals surface area contributed by atoms with Gasteiger partial charge in [-0.3, -0.25) is 14.7 Å². The first-order valence-corrected chi connectivity index (χ1v) is 11.5. The maximum atomic E-state index is 13.6. The number of benzene rings is 2. The Bertz CT molecular complexity index is 1260. The van der Waals surface area contributed by atoms with E-state index in [9.17, 15) is 4.79 Å². The molecule has 4 rings (SSSR count). The minimum absolute atomic E-state index is 0.0222. The summed E-state index contributed by atoms with van der Waals surface area (Å²) in [6.07, 6.45) is 3.75. The zero-order valence-electron chi connectivity index (χ0n) is 18.5. The van der Waals surface area contributed by atoms with Crippen LogP contribution >= 0.6 is 22.9 Å². The molecule has 164 valence electrons. The Morgan fingerprint density at radius 1 is 1.09 bits per heavy atom. The highest BCUT2D eigenvalue weighted by Gasteiger charge is 2.23. The topological polar surface area (TPSA) is 55.3 Å². The quantitative estimate of drug-likeness (QED) is 0.347. The summed E-state index contributed by atoms with van der Waals surface area (Å²) >= 11 is 7.83. The molecule has 4 aromatic rings. The fourth-order valence-electron chi connectivity index (χ4n) is 3.89. The number of hydrogen-bond donors (Lipinski definition) is 0. The molecule has 7 heteroatoms. The molecule has 0 spiro atoms. The van der Waals surface area contributed by atoms with Crippen molar-refractivity contribution in [3.63, 3.8) is 0 Å². The fraction of sp³-hybridized carbons (Fsp3) is 0.240. The van der Waals surface area contributed by atoms with Gasteiger partial charge in [0.15, 0.2) is 5.13 Å². The number of rotatable bonds is 6. The Morgan fingerprint density at radius 3 is 2.44 bits per heavy atom. The van der Waals surface area contributed by atoms with Crippen LogP contribution in [-0.2, 0) is 17.8 Å². The maximum Gasteiger partial charge on any atom is 0.233 e. The van der Waals surface area contributed by atoms with E-state index < -0.39 is 0 Å². The van der Waals surface area contributed by atoms with Crippen LogP contribution in [-0.4, -0.2) is 23.0 Å². The molecule has 5 nitrogen and oxygen atoms in total. The van der Waals surface area contributed by atoms with E-state index in [2.05, 4.69) is 37.9 Å². The summed E-state index contributed by atoms with van der Waals surface area (Å²) in [5, 5.41) is 1.18. The summed E-state index contributed by atoms with van der Waals surface area (Å²) in [6.45, 7) is 6.57. The van der Waals surface area contributed by atoms with Gasteiger partial charge in [-0.15, -0.1) is 0 Å². The normalized spacial score (nSPS) is 11.0. The van der Waals surface area contributed by atoms with Crippen molar-refractivity contribution < 1.29 is 9.53 Å². The predicted octanol–water partition coefficient (Wildman–Crippen LogP) is 6.05. The SMILES string of the molecule is COc1ccc(Cl)c2sc(N(Cc3ccncc3)C(=O)Cc3c(C)cc(C)cc3C)nc12. The Kier molecular flexibility index (Phi) is 6.44. The van der Waals surface area contributed by atoms with Crippen molar-refractivity contribution in [2.45, 2.75) is 33.7 Å². The highest BCUT2D eigenvalue weighted by Crippen LogP contribution is 2.39. The first kappa shape index (κ1) is 22.2. The van der Waals surface area contributed by atoms with Gasteiger partial charge in [0.25, 0.3) is 0 Å². The third-order valence-electron chi connectivity index (χ3n) is 5.46. The van der Waals surface area contributed by atoms with Crippen LogP contribution in [0, 0.1) is 20.8 Å². The average Bonchev–Trinajstić information content (AvgIpc) is 3.21. The lowest BCUT2D eigenvalue weighted by molar-refractivity contribution is -0.118. The van der Waals surface area contributed by atoms with Gasteiger partial charge < -0.3 is 4.74 Å². The zero-order valence-corrected chi connectivity index (χ0v) is 20.0. The molecule has 0 atom stereocenters. The van der Waals surface area contributed by atoms with E-state index in [4.69, 9.17) is 21.3 Å². The van der Waals surface area contributed by atoms with E-state index >= 15 is 0 Å². The molecule has 2 heterocycles. The van der Waals surface area contributed by atoms with E-state index in [1.165, 1.54) is 16.9 Å². The van der Waals surface area contributed by atoms with Crippen LogP contribution in [0.15, 0.2) is 48.8 Å². The second kappa shape index (κ2) is 9.27.